The van der Waals surface area contributed by atoms with Gasteiger partial charge in [-0.1, -0.05) is 115 Å². The number of ether oxygens (including phenoxy) is 2. The van der Waals surface area contributed by atoms with Crippen LogP contribution in [0.1, 0.15) is 168 Å². The molecule has 2 aromatic rings. The first-order valence-electron chi connectivity index (χ1n) is 21.7. The predicted molar refractivity (Wildman–Crippen MR) is 260 cm³/mol. The van der Waals surface area contributed by atoms with Crippen molar-refractivity contribution in [2.24, 2.45) is 11.8 Å². The van der Waals surface area contributed by atoms with E-state index in [-0.39, 0.29) is 94.7 Å². The average Bonchev–Trinajstić information content (AvgIpc) is 3.11. The summed E-state index contributed by atoms with van der Waals surface area (Å²) in [5.74, 6) is 0.770. The maximum absolute atomic E-state index is 11.2. The van der Waals surface area contributed by atoms with E-state index < -0.39 is 12.3 Å². The van der Waals surface area contributed by atoms with E-state index in [1.807, 2.05) is 41.5 Å². The zero-order valence-electron chi connectivity index (χ0n) is 40.6. The van der Waals surface area contributed by atoms with Crippen molar-refractivity contribution in [2.45, 2.75) is 170 Å². The van der Waals surface area contributed by atoms with E-state index in [1.165, 1.54) is 11.1 Å². The van der Waals surface area contributed by atoms with Crippen molar-refractivity contribution in [3.05, 3.63) is 120 Å². The predicted octanol–water partition coefficient (Wildman–Crippen LogP) is 16.2. The number of hydrogen-bond donors (Lipinski definition) is 4. The Balaban J connectivity index is -0.000000937. The minimum Gasteiger partial charge on any atom is -0.675 e. The van der Waals surface area contributed by atoms with E-state index in [1.54, 1.807) is 24.3 Å². The van der Waals surface area contributed by atoms with Gasteiger partial charge in [0.05, 0.1) is 0 Å². The van der Waals surface area contributed by atoms with E-state index >= 15 is 0 Å². The largest absolute Gasteiger partial charge is 4.00 e. The molecular formula is C52H82N2O8Pt. The molecule has 10 nitrogen and oxygen atoms in total. The SMILES string of the molecule is C=C(C)C1CCC(C)=CC1c1c(O)cc(CCCCC)cc1OC(=O)O.C=C(C)C1CCC(C)=CC1c1c(O)cc(CCCCC)cc1OC(=O)O.CC(C)[NH-].CC(C)[NH-].[CH3-].[CH3-].[Pt+4]. The molecule has 358 valence electrons. The fourth-order valence-electron chi connectivity index (χ4n) is 7.62. The molecule has 2 aliphatic rings. The number of nitrogens with one attached hydrogen (secondary N) is 2. The quantitative estimate of drug-likeness (QED) is 0.0474. The summed E-state index contributed by atoms with van der Waals surface area (Å²) >= 11 is 0. The summed E-state index contributed by atoms with van der Waals surface area (Å²) in [6.45, 7) is 27.9. The first-order valence-corrected chi connectivity index (χ1v) is 21.7. The zero-order chi connectivity index (χ0) is 45.7. The second-order valence-corrected chi connectivity index (χ2v) is 17.1. The van der Waals surface area contributed by atoms with Crippen molar-refractivity contribution >= 4 is 12.3 Å². The van der Waals surface area contributed by atoms with Crippen molar-refractivity contribution in [3.63, 3.8) is 0 Å². The molecule has 0 fully saturated rings. The molecule has 6 N–H and O–H groups in total. The van der Waals surface area contributed by atoms with Gasteiger partial charge in [-0.25, -0.2) is 9.59 Å². The van der Waals surface area contributed by atoms with Gasteiger partial charge >= 0.3 is 33.4 Å². The van der Waals surface area contributed by atoms with Crippen LogP contribution in [0.5, 0.6) is 23.0 Å². The number of benzene rings is 2. The third kappa shape index (κ3) is 23.6. The number of unbranched alkanes of at least 4 members (excludes halogenated alkanes) is 4. The minimum absolute atomic E-state index is 0. The number of phenolic OH excluding ortho intramolecular Hbond substituents is 2. The average molecular weight is 1060 g/mol. The Morgan fingerprint density at radius 3 is 1.22 bits per heavy atom. The Hall–Kier alpha value is -3.85. The topological polar surface area (TPSA) is 181 Å². The third-order valence-corrected chi connectivity index (χ3v) is 10.3. The van der Waals surface area contributed by atoms with Gasteiger partial charge in [0.25, 0.3) is 0 Å². The molecule has 4 rings (SSSR count). The summed E-state index contributed by atoms with van der Waals surface area (Å²) in [7, 11) is 0. The van der Waals surface area contributed by atoms with E-state index in [9.17, 15) is 30.0 Å². The van der Waals surface area contributed by atoms with Gasteiger partial charge in [0.1, 0.15) is 23.0 Å². The van der Waals surface area contributed by atoms with Crippen molar-refractivity contribution in [2.75, 3.05) is 0 Å². The maximum atomic E-state index is 11.2. The molecule has 0 saturated heterocycles. The van der Waals surface area contributed by atoms with Gasteiger partial charge in [-0.2, -0.15) is 0 Å². The van der Waals surface area contributed by atoms with Gasteiger partial charge in [-0.3, -0.25) is 0 Å². The van der Waals surface area contributed by atoms with Crippen LogP contribution in [0, 0.1) is 26.7 Å². The molecule has 11 heteroatoms. The molecule has 4 atom stereocenters. The van der Waals surface area contributed by atoms with E-state index in [0.717, 1.165) is 99.3 Å². The number of carbonyl (C=O) groups is 2. The molecule has 2 aromatic carbocycles. The number of carboxylic acid groups (broad SMARTS) is 2. The van der Waals surface area contributed by atoms with Gasteiger partial charge in [-0.05, 0) is 126 Å². The smallest absolute Gasteiger partial charge is 0.675 e. The second kappa shape index (κ2) is 32.8. The number of allylic oxidation sites excluding steroid dienone is 6. The Bertz CT molecular complexity index is 1630. The van der Waals surface area contributed by atoms with Gasteiger partial charge in [0, 0.05) is 23.0 Å². The van der Waals surface area contributed by atoms with E-state index in [0.29, 0.717) is 11.1 Å². The van der Waals surface area contributed by atoms with Crippen LogP contribution in [0.15, 0.2) is 71.9 Å². The first-order chi connectivity index (χ1) is 28.1. The van der Waals surface area contributed by atoms with Crippen molar-refractivity contribution in [1.82, 2.24) is 0 Å². The molecule has 2 aliphatic carbocycles. The van der Waals surface area contributed by atoms with Gasteiger partial charge in [-0.15, -0.1) is 12.1 Å². The fourth-order valence-corrected chi connectivity index (χ4v) is 7.62. The summed E-state index contributed by atoms with van der Waals surface area (Å²) in [6, 6.07) is 7.22. The summed E-state index contributed by atoms with van der Waals surface area (Å²) in [4.78, 5) is 22.5. The molecule has 0 heterocycles. The molecule has 4 unspecified atom stereocenters. The van der Waals surface area contributed by atoms with Gasteiger partial charge in [0.2, 0.25) is 0 Å². The fraction of sp³-hybridized carbons (Fsp3) is 0.538. The molecule has 0 saturated carbocycles. The Morgan fingerprint density at radius 2 is 0.968 bits per heavy atom. The van der Waals surface area contributed by atoms with Crippen LogP contribution >= 0.6 is 0 Å². The van der Waals surface area contributed by atoms with Crippen molar-refractivity contribution in [1.29, 1.82) is 0 Å². The molecule has 0 radical (unpaired) electrons. The van der Waals surface area contributed by atoms with Crippen molar-refractivity contribution < 1.29 is 60.6 Å². The summed E-state index contributed by atoms with van der Waals surface area (Å²) in [5.41, 5.74) is 20.6. The number of hydrogen-bond acceptors (Lipinski definition) is 6. The van der Waals surface area contributed by atoms with Crippen LogP contribution in [0.3, 0.4) is 0 Å². The molecular weight excluding hydrogens is 976 g/mol. The molecule has 0 aliphatic heterocycles. The number of phenols is 2. The van der Waals surface area contributed by atoms with Crippen LogP contribution in [0.25, 0.3) is 11.5 Å². The van der Waals surface area contributed by atoms with Crippen LogP contribution in [-0.4, -0.2) is 44.8 Å². The van der Waals surface area contributed by atoms with E-state index in [4.69, 9.17) is 20.9 Å². The van der Waals surface area contributed by atoms with Gasteiger partial charge < -0.3 is 56.2 Å². The normalized spacial score (nSPS) is 17.4. The molecule has 0 spiro atoms. The summed E-state index contributed by atoms with van der Waals surface area (Å²) in [6.07, 6.45) is 13.3. The summed E-state index contributed by atoms with van der Waals surface area (Å²) in [5, 5.41) is 39.8. The number of aromatic hydroxyl groups is 2. The number of aryl methyl sites for hydroxylation is 2. The van der Waals surface area contributed by atoms with Crippen LogP contribution in [-0.2, 0) is 33.9 Å². The van der Waals surface area contributed by atoms with Gasteiger partial charge in [0.15, 0.2) is 0 Å². The first kappa shape index (κ1) is 63.4. The van der Waals surface area contributed by atoms with Crippen LogP contribution in [0.2, 0.25) is 0 Å². The number of rotatable bonds is 14. The maximum Gasteiger partial charge on any atom is 4.00 e. The molecule has 63 heavy (non-hydrogen) atoms. The minimum atomic E-state index is -1.36. The standard InChI is InChI=1S/2C22H30O4.2C3H8N.2CH3.Pt/c2*1-5-6-7-8-16-12-19(23)21(20(13-16)26-22(24)25)18-11-15(4)9-10-17(18)14(2)3;2*1-3(2)4;;;/h2*11-13,17-18,23H,2,5-10H2,1,3-4H3,(H,24,25);2*3-4H,1-2H3;2*1H3;/q;;4*-1;+4. The monoisotopic (exact) mass is 1060 g/mol. The Kier molecular flexibility index (Phi) is 33.0. The van der Waals surface area contributed by atoms with Crippen LogP contribution < -0.4 is 9.47 Å². The van der Waals surface area contributed by atoms with Crippen LogP contribution in [0.4, 0.5) is 9.59 Å². The summed E-state index contributed by atoms with van der Waals surface area (Å²) < 4.78 is 10.2. The van der Waals surface area contributed by atoms with Crippen molar-refractivity contribution in [3.8, 4) is 23.0 Å². The molecule has 0 amide bonds. The third-order valence-electron chi connectivity index (χ3n) is 10.3. The Labute approximate surface area is 396 Å². The van der Waals surface area contributed by atoms with E-state index in [2.05, 4.69) is 53.0 Å². The molecule has 0 bridgehead atoms. The second-order valence-electron chi connectivity index (χ2n) is 17.1. The zero-order valence-corrected chi connectivity index (χ0v) is 42.8. The molecule has 0 aromatic heterocycles. The Morgan fingerprint density at radius 1 is 0.667 bits per heavy atom.